The molecule has 0 saturated heterocycles. The molecule has 0 aromatic rings. The molecule has 0 aliphatic rings. The first-order valence-corrected chi connectivity index (χ1v) is 18.1. The summed E-state index contributed by atoms with van der Waals surface area (Å²) in [4.78, 5) is 0. The Bertz CT molecular complexity index is 348. The molecule has 2 nitrogen and oxygen atoms in total. The molecule has 0 radical (unpaired) electrons. The van der Waals surface area contributed by atoms with Crippen molar-refractivity contribution in [3.05, 3.63) is 0 Å². The van der Waals surface area contributed by atoms with Gasteiger partial charge in [-0.2, -0.15) is 0 Å². The van der Waals surface area contributed by atoms with E-state index in [1.54, 1.807) is 0 Å². The van der Waals surface area contributed by atoms with Crippen LogP contribution in [0.25, 0.3) is 0 Å². The highest BCUT2D eigenvalue weighted by Crippen LogP contribution is 2.15. The third-order valence-corrected chi connectivity index (χ3v) is 8.41. The summed E-state index contributed by atoms with van der Waals surface area (Å²) in [6.45, 7) is 7.11. The molecule has 0 atom stereocenters. The molecule has 4 heteroatoms. The summed E-state index contributed by atoms with van der Waals surface area (Å²) >= 11 is 0. The predicted molar refractivity (Wildman–Crippen MR) is 198 cm³/mol. The summed E-state index contributed by atoms with van der Waals surface area (Å²) in [6, 6.07) is 0. The number of unbranched alkanes of at least 4 members (excludes halogenated alkanes) is 30. The van der Waals surface area contributed by atoms with Gasteiger partial charge in [-0.15, -0.1) is 34.0 Å². The zero-order valence-electron chi connectivity index (χ0n) is 28.1. The van der Waals surface area contributed by atoms with Crippen LogP contribution in [-0.2, 0) is 0 Å². The lowest BCUT2D eigenvalue weighted by Gasteiger charge is -2.06. The number of hydrogen-bond donors (Lipinski definition) is 2. The molecule has 0 aromatic carbocycles. The zero-order chi connectivity index (χ0) is 26.7. The molecule has 0 aliphatic heterocycles. The van der Waals surface area contributed by atoms with Crippen molar-refractivity contribution in [1.29, 1.82) is 0 Å². The Kier molecular flexibility index (Phi) is 56.0. The van der Waals surface area contributed by atoms with Crippen molar-refractivity contribution in [3.8, 4) is 0 Å². The smallest absolute Gasteiger partial charge is 0.00489 e. The Labute approximate surface area is 276 Å². The molecule has 0 fully saturated rings. The fourth-order valence-electron chi connectivity index (χ4n) is 5.72. The summed E-state index contributed by atoms with van der Waals surface area (Å²) < 4.78 is 0. The molecule has 0 aliphatic carbocycles. The fraction of sp³-hybridized carbons (Fsp3) is 1.00. The van der Waals surface area contributed by atoms with Gasteiger partial charge in [-0.05, 0) is 25.9 Å². The van der Waals surface area contributed by atoms with E-state index >= 15 is 0 Å². The van der Waals surface area contributed by atoms with Gasteiger partial charge in [-0.1, -0.05) is 206 Å². The molecular formula is C36H80Br2N2. The van der Waals surface area contributed by atoms with Crippen LogP contribution in [0.2, 0.25) is 0 Å². The number of nitrogens with one attached hydrogen (secondary N) is 1. The van der Waals surface area contributed by atoms with E-state index in [0.29, 0.717) is 0 Å². The molecule has 0 saturated carbocycles. The first-order valence-electron chi connectivity index (χ1n) is 18.1. The van der Waals surface area contributed by atoms with E-state index < -0.39 is 0 Å². The van der Waals surface area contributed by atoms with Crippen molar-refractivity contribution in [2.75, 3.05) is 13.1 Å². The van der Waals surface area contributed by atoms with Crippen molar-refractivity contribution >= 4 is 34.0 Å². The maximum Gasteiger partial charge on any atom is -0.00489 e. The highest BCUT2D eigenvalue weighted by Gasteiger charge is 1.97. The molecular weight excluding hydrogens is 620 g/mol. The molecule has 40 heavy (non-hydrogen) atoms. The van der Waals surface area contributed by atoms with Crippen LogP contribution in [0.4, 0.5) is 0 Å². The monoisotopic (exact) mass is 698 g/mol. The second kappa shape index (κ2) is 46.8. The lowest BCUT2D eigenvalue weighted by Crippen LogP contribution is -2.16. The van der Waals surface area contributed by atoms with Gasteiger partial charge in [0.1, 0.15) is 0 Å². The van der Waals surface area contributed by atoms with Crippen LogP contribution in [-0.4, -0.2) is 13.1 Å². The van der Waals surface area contributed by atoms with Gasteiger partial charge in [0, 0.05) is 0 Å². The predicted octanol–water partition coefficient (Wildman–Crippen LogP) is 14.4. The minimum absolute atomic E-state index is 0. The van der Waals surface area contributed by atoms with Crippen LogP contribution in [0, 0.1) is 0 Å². The van der Waals surface area contributed by atoms with Crippen LogP contribution < -0.4 is 11.5 Å². The van der Waals surface area contributed by atoms with E-state index in [2.05, 4.69) is 19.2 Å². The van der Waals surface area contributed by atoms with Crippen LogP contribution in [0.15, 0.2) is 0 Å². The van der Waals surface area contributed by atoms with Gasteiger partial charge >= 0.3 is 0 Å². The van der Waals surface area contributed by atoms with E-state index in [4.69, 9.17) is 0 Å². The van der Waals surface area contributed by atoms with Crippen molar-refractivity contribution in [1.82, 2.24) is 11.5 Å². The SMILES string of the molecule is Br.Br.CCCCCCCCCCCCCCCCCCNCCCCCCCCCCCCCCCCCC.N. The van der Waals surface area contributed by atoms with Gasteiger partial charge in [0.2, 0.25) is 0 Å². The molecule has 0 rings (SSSR count). The maximum absolute atomic E-state index is 3.68. The minimum atomic E-state index is 0. The Morgan fingerprint density at radius 2 is 0.400 bits per heavy atom. The Morgan fingerprint density at radius 1 is 0.250 bits per heavy atom. The van der Waals surface area contributed by atoms with Gasteiger partial charge in [-0.3, -0.25) is 0 Å². The summed E-state index contributed by atoms with van der Waals surface area (Å²) in [5.74, 6) is 0. The maximum atomic E-state index is 3.68. The first kappa shape index (κ1) is 47.8. The fourth-order valence-corrected chi connectivity index (χ4v) is 5.72. The Morgan fingerprint density at radius 3 is 0.575 bits per heavy atom. The third kappa shape index (κ3) is 45.9. The van der Waals surface area contributed by atoms with E-state index in [1.165, 1.54) is 219 Å². The highest BCUT2D eigenvalue weighted by molar-refractivity contribution is 8.93. The van der Waals surface area contributed by atoms with Crippen LogP contribution in [0.1, 0.15) is 219 Å². The van der Waals surface area contributed by atoms with Crippen molar-refractivity contribution in [3.63, 3.8) is 0 Å². The van der Waals surface area contributed by atoms with E-state index in [0.717, 1.165) is 0 Å². The molecule has 0 spiro atoms. The topological polar surface area (TPSA) is 47.0 Å². The van der Waals surface area contributed by atoms with Gasteiger partial charge in [-0.25, -0.2) is 0 Å². The molecule has 4 N–H and O–H groups in total. The lowest BCUT2D eigenvalue weighted by atomic mass is 10.0. The van der Waals surface area contributed by atoms with E-state index in [9.17, 15) is 0 Å². The second-order valence-electron chi connectivity index (χ2n) is 12.4. The average molecular weight is 701 g/mol. The molecule has 248 valence electrons. The average Bonchev–Trinajstić information content (AvgIpc) is 2.91. The molecule has 0 unspecified atom stereocenters. The van der Waals surface area contributed by atoms with Gasteiger partial charge in [0.15, 0.2) is 0 Å². The summed E-state index contributed by atoms with van der Waals surface area (Å²) in [7, 11) is 0. The van der Waals surface area contributed by atoms with Crippen LogP contribution in [0.5, 0.6) is 0 Å². The van der Waals surface area contributed by atoms with Crippen LogP contribution in [0.3, 0.4) is 0 Å². The highest BCUT2D eigenvalue weighted by atomic mass is 79.9. The zero-order valence-corrected chi connectivity index (χ0v) is 31.5. The second-order valence-corrected chi connectivity index (χ2v) is 12.4. The molecule has 0 amide bonds. The Balaban J connectivity index is -0.00000216. The number of halogens is 2. The van der Waals surface area contributed by atoms with Crippen LogP contribution >= 0.6 is 34.0 Å². The molecule has 0 heterocycles. The summed E-state index contributed by atoms with van der Waals surface area (Å²) in [5, 5.41) is 3.68. The summed E-state index contributed by atoms with van der Waals surface area (Å²) in [5.41, 5.74) is 0. The van der Waals surface area contributed by atoms with Gasteiger partial charge in [0.05, 0.1) is 0 Å². The van der Waals surface area contributed by atoms with E-state index in [1.807, 2.05) is 0 Å². The van der Waals surface area contributed by atoms with Crippen molar-refractivity contribution in [2.45, 2.75) is 219 Å². The number of hydrogen-bond acceptors (Lipinski definition) is 2. The standard InChI is InChI=1S/C36H75N.2BrH.H3N/c1-3-5-7-9-11-13-15-17-19-21-23-25-27-29-31-33-35-37-36-34-32-30-28-26-24-22-20-18-16-14-12-10-8-6-4-2;;;/h37H,3-36H2,1-2H3;2*1H;1H3. The summed E-state index contributed by atoms with van der Waals surface area (Å²) in [6.07, 6.45) is 46.7. The van der Waals surface area contributed by atoms with Gasteiger partial charge in [0.25, 0.3) is 0 Å². The Hall–Kier alpha value is 0.880. The minimum Gasteiger partial charge on any atom is -0.344 e. The quantitative estimate of drug-likeness (QED) is 0.0657. The van der Waals surface area contributed by atoms with E-state index in [-0.39, 0.29) is 40.1 Å². The number of rotatable bonds is 34. The van der Waals surface area contributed by atoms with Crippen molar-refractivity contribution < 1.29 is 0 Å². The largest absolute Gasteiger partial charge is 0.344 e. The lowest BCUT2D eigenvalue weighted by molar-refractivity contribution is 0.515. The normalized spacial score (nSPS) is 10.7. The third-order valence-electron chi connectivity index (χ3n) is 8.41. The molecule has 0 aromatic heterocycles. The van der Waals surface area contributed by atoms with Crippen molar-refractivity contribution in [2.24, 2.45) is 0 Å². The molecule has 0 bridgehead atoms. The first-order chi connectivity index (χ1) is 18.4. The van der Waals surface area contributed by atoms with Gasteiger partial charge < -0.3 is 11.5 Å².